The van der Waals surface area contributed by atoms with Crippen LogP contribution in [0, 0.1) is 12.8 Å². The van der Waals surface area contributed by atoms with E-state index in [-0.39, 0.29) is 24.0 Å². The molecule has 25 heavy (non-hydrogen) atoms. The Morgan fingerprint density at radius 1 is 1.40 bits per heavy atom. The van der Waals surface area contributed by atoms with E-state index < -0.39 is 0 Å². The van der Waals surface area contributed by atoms with Crippen LogP contribution in [0.15, 0.2) is 12.4 Å². The lowest BCUT2D eigenvalue weighted by atomic mass is 10.0. The number of hydrogen-bond donors (Lipinski definition) is 0. The first kappa shape index (κ1) is 18.4. The van der Waals surface area contributed by atoms with Crippen LogP contribution in [0.4, 0.5) is 0 Å². The van der Waals surface area contributed by atoms with Crippen molar-refractivity contribution in [2.45, 2.75) is 64.7 Å². The van der Waals surface area contributed by atoms with Crippen LogP contribution in [0.5, 0.6) is 0 Å². The molecule has 1 amide bonds. The fourth-order valence-corrected chi connectivity index (χ4v) is 3.87. The maximum Gasteiger partial charge on any atom is 0.252 e. The second-order valence-corrected chi connectivity index (χ2v) is 7.60. The van der Waals surface area contributed by atoms with Gasteiger partial charge in [0, 0.05) is 32.1 Å². The number of hydrogen-bond acceptors (Lipinski definition) is 4. The Labute approximate surface area is 150 Å². The average Bonchev–Trinajstić information content (AvgIpc) is 3.26. The molecule has 0 bridgehead atoms. The third-order valence-corrected chi connectivity index (χ3v) is 5.30. The van der Waals surface area contributed by atoms with E-state index in [0.29, 0.717) is 12.6 Å². The maximum absolute atomic E-state index is 13.1. The molecule has 0 saturated carbocycles. The van der Waals surface area contributed by atoms with Crippen molar-refractivity contribution in [3.63, 3.8) is 0 Å². The lowest BCUT2D eigenvalue weighted by Gasteiger charge is -2.36. The fourth-order valence-electron chi connectivity index (χ4n) is 3.87. The number of aryl methyl sites for hydroxylation is 1. The molecule has 2 fully saturated rings. The van der Waals surface area contributed by atoms with Crippen LogP contribution in [0.25, 0.3) is 0 Å². The van der Waals surface area contributed by atoms with E-state index in [2.05, 4.69) is 23.4 Å². The average molecular weight is 349 g/mol. The van der Waals surface area contributed by atoms with Crippen LogP contribution >= 0.6 is 0 Å². The van der Waals surface area contributed by atoms with Gasteiger partial charge in [0.05, 0.1) is 18.8 Å². The first-order chi connectivity index (χ1) is 12.1. The Hall–Kier alpha value is -1.40. The van der Waals surface area contributed by atoms with Crippen molar-refractivity contribution in [3.05, 3.63) is 18.2 Å². The van der Waals surface area contributed by atoms with Gasteiger partial charge in [0.2, 0.25) is 0 Å². The zero-order chi connectivity index (χ0) is 17.8. The Bertz CT molecular complexity index is 566. The second kappa shape index (κ2) is 8.32. The molecule has 3 rings (SSSR count). The van der Waals surface area contributed by atoms with Gasteiger partial charge < -0.3 is 18.9 Å². The number of amides is 1. The minimum atomic E-state index is -0.383. The summed E-state index contributed by atoms with van der Waals surface area (Å²) >= 11 is 0. The summed E-state index contributed by atoms with van der Waals surface area (Å²) < 4.78 is 13.8. The first-order valence-corrected chi connectivity index (χ1v) is 9.57. The molecule has 140 valence electrons. The Kier molecular flexibility index (Phi) is 6.12. The van der Waals surface area contributed by atoms with Gasteiger partial charge in [0.25, 0.3) is 5.91 Å². The van der Waals surface area contributed by atoms with Crippen molar-refractivity contribution in [1.82, 2.24) is 14.5 Å². The van der Waals surface area contributed by atoms with E-state index in [4.69, 9.17) is 9.47 Å². The van der Waals surface area contributed by atoms with Crippen molar-refractivity contribution >= 4 is 5.91 Å². The van der Waals surface area contributed by atoms with Crippen molar-refractivity contribution in [1.29, 1.82) is 0 Å². The van der Waals surface area contributed by atoms with Crippen molar-refractivity contribution < 1.29 is 14.3 Å². The fraction of sp³-hybridized carbons (Fsp3) is 0.789. The van der Waals surface area contributed by atoms with Crippen LogP contribution in [0.2, 0.25) is 0 Å². The molecular weight excluding hydrogens is 318 g/mol. The minimum Gasteiger partial charge on any atom is -0.376 e. The SMILES string of the molecule is Cc1nccn1[C@@H]1CCCN(C(=O)[C@@H](OC[C@@H]2CCCO2)C(C)C)C1. The molecule has 0 aromatic carbocycles. The summed E-state index contributed by atoms with van der Waals surface area (Å²) in [7, 11) is 0. The van der Waals surface area contributed by atoms with Crippen LogP contribution in [0.3, 0.4) is 0 Å². The number of carbonyl (C=O) groups is 1. The van der Waals surface area contributed by atoms with E-state index >= 15 is 0 Å². The van der Waals surface area contributed by atoms with Gasteiger partial charge in [-0.15, -0.1) is 0 Å². The highest BCUT2D eigenvalue weighted by Crippen LogP contribution is 2.25. The molecule has 6 nitrogen and oxygen atoms in total. The molecule has 2 saturated heterocycles. The van der Waals surface area contributed by atoms with E-state index in [1.165, 1.54) is 0 Å². The lowest BCUT2D eigenvalue weighted by Crippen LogP contribution is -2.48. The van der Waals surface area contributed by atoms with Gasteiger partial charge in [-0.1, -0.05) is 13.8 Å². The Morgan fingerprint density at radius 3 is 2.88 bits per heavy atom. The summed E-state index contributed by atoms with van der Waals surface area (Å²) in [5, 5.41) is 0. The first-order valence-electron chi connectivity index (χ1n) is 9.57. The largest absolute Gasteiger partial charge is 0.376 e. The number of likely N-dealkylation sites (tertiary alicyclic amines) is 1. The molecule has 1 aromatic rings. The van der Waals surface area contributed by atoms with Gasteiger partial charge in [0.15, 0.2) is 0 Å². The lowest BCUT2D eigenvalue weighted by molar-refractivity contribution is -0.151. The normalized spacial score (nSPS) is 25.5. The Morgan fingerprint density at radius 2 is 2.24 bits per heavy atom. The predicted molar refractivity (Wildman–Crippen MR) is 95.4 cm³/mol. The molecule has 0 spiro atoms. The Balaban J connectivity index is 1.61. The van der Waals surface area contributed by atoms with Gasteiger partial charge in [-0.2, -0.15) is 0 Å². The third-order valence-electron chi connectivity index (χ3n) is 5.30. The van der Waals surface area contributed by atoms with E-state index in [1.807, 2.05) is 24.2 Å². The van der Waals surface area contributed by atoms with E-state index in [1.54, 1.807) is 0 Å². The molecule has 0 aliphatic carbocycles. The van der Waals surface area contributed by atoms with Crippen molar-refractivity contribution in [2.24, 2.45) is 5.92 Å². The summed E-state index contributed by atoms with van der Waals surface area (Å²) in [6.07, 6.45) is 7.84. The number of piperidine rings is 1. The molecule has 3 heterocycles. The highest BCUT2D eigenvalue weighted by Gasteiger charge is 2.33. The van der Waals surface area contributed by atoms with Crippen molar-refractivity contribution in [3.8, 4) is 0 Å². The zero-order valence-corrected chi connectivity index (χ0v) is 15.7. The zero-order valence-electron chi connectivity index (χ0n) is 15.7. The highest BCUT2D eigenvalue weighted by atomic mass is 16.5. The van der Waals surface area contributed by atoms with E-state index in [0.717, 1.165) is 51.2 Å². The van der Waals surface area contributed by atoms with Crippen LogP contribution in [0.1, 0.15) is 51.4 Å². The summed E-state index contributed by atoms with van der Waals surface area (Å²) in [5.74, 6) is 1.29. The molecule has 2 aliphatic heterocycles. The number of carbonyl (C=O) groups excluding carboxylic acids is 1. The second-order valence-electron chi connectivity index (χ2n) is 7.60. The van der Waals surface area contributed by atoms with Gasteiger partial charge >= 0.3 is 0 Å². The molecule has 2 aliphatic rings. The van der Waals surface area contributed by atoms with Crippen LogP contribution in [-0.4, -0.2) is 58.9 Å². The quantitative estimate of drug-likeness (QED) is 0.792. The van der Waals surface area contributed by atoms with Gasteiger partial charge in [0.1, 0.15) is 11.9 Å². The summed E-state index contributed by atoms with van der Waals surface area (Å²) in [5.41, 5.74) is 0. The van der Waals surface area contributed by atoms with Gasteiger partial charge in [-0.3, -0.25) is 4.79 Å². The number of ether oxygens (including phenoxy) is 2. The highest BCUT2D eigenvalue weighted by molar-refractivity contribution is 5.81. The molecule has 0 radical (unpaired) electrons. The van der Waals surface area contributed by atoms with E-state index in [9.17, 15) is 4.79 Å². The maximum atomic E-state index is 13.1. The number of rotatable bonds is 6. The summed E-state index contributed by atoms with van der Waals surface area (Å²) in [6, 6.07) is 0.311. The number of aromatic nitrogens is 2. The van der Waals surface area contributed by atoms with Crippen LogP contribution in [-0.2, 0) is 14.3 Å². The van der Waals surface area contributed by atoms with Crippen molar-refractivity contribution in [2.75, 3.05) is 26.3 Å². The minimum absolute atomic E-state index is 0.121. The number of imidazole rings is 1. The summed E-state index contributed by atoms with van der Waals surface area (Å²) in [4.78, 5) is 19.4. The predicted octanol–water partition coefficient (Wildman–Crippen LogP) is 2.58. The number of nitrogens with zero attached hydrogens (tertiary/aromatic N) is 3. The molecule has 3 atom stereocenters. The summed E-state index contributed by atoms with van der Waals surface area (Å²) in [6.45, 7) is 9.01. The topological polar surface area (TPSA) is 56.6 Å². The standard InChI is InChI=1S/C19H31N3O3/c1-14(2)18(25-13-17-7-5-11-24-17)19(23)21-9-4-6-16(12-21)22-10-8-20-15(22)3/h8,10,14,16-18H,4-7,9,11-13H2,1-3H3/t16-,17+,18+/m1/s1. The molecular formula is C19H31N3O3. The van der Waals surface area contributed by atoms with Gasteiger partial charge in [-0.05, 0) is 38.5 Å². The van der Waals surface area contributed by atoms with Crippen LogP contribution < -0.4 is 0 Å². The molecule has 1 aromatic heterocycles. The molecule has 0 N–H and O–H groups in total. The molecule has 6 heteroatoms. The monoisotopic (exact) mass is 349 g/mol. The smallest absolute Gasteiger partial charge is 0.252 e. The molecule has 0 unspecified atom stereocenters. The third kappa shape index (κ3) is 4.42. The van der Waals surface area contributed by atoms with Gasteiger partial charge in [-0.25, -0.2) is 4.98 Å².